The highest BCUT2D eigenvalue weighted by molar-refractivity contribution is 5.71. The highest BCUT2D eigenvalue weighted by Crippen LogP contribution is 2.34. The molecule has 0 saturated carbocycles. The van der Waals surface area contributed by atoms with Gasteiger partial charge < -0.3 is 10.8 Å². The zero-order chi connectivity index (χ0) is 14.2. The van der Waals surface area contributed by atoms with Crippen molar-refractivity contribution < 1.29 is 5.11 Å². The van der Waals surface area contributed by atoms with Crippen molar-refractivity contribution in [1.29, 1.82) is 0 Å². The molecular formula is C17H20N2O. The number of hydrogen-bond donors (Lipinski definition) is 2. The Labute approximate surface area is 119 Å². The minimum atomic E-state index is -0.463. The second kappa shape index (κ2) is 5.00. The Bertz CT molecular complexity index is 639. The molecule has 0 radical (unpaired) electrons. The SMILES string of the molecule is Cc1ncccc1-c1cccc2c1CCC(N)(CO)C2. The number of aliphatic hydroxyl groups excluding tert-OH is 1. The summed E-state index contributed by atoms with van der Waals surface area (Å²) in [5.74, 6) is 0. The van der Waals surface area contributed by atoms with E-state index in [-0.39, 0.29) is 6.61 Å². The van der Waals surface area contributed by atoms with Crippen LogP contribution >= 0.6 is 0 Å². The molecule has 1 aromatic heterocycles. The second-order valence-electron chi connectivity index (χ2n) is 5.78. The Morgan fingerprint density at radius 1 is 1.25 bits per heavy atom. The molecule has 1 aliphatic carbocycles. The molecule has 0 amide bonds. The van der Waals surface area contributed by atoms with Gasteiger partial charge >= 0.3 is 0 Å². The molecule has 1 aromatic carbocycles. The Balaban J connectivity index is 2.09. The maximum Gasteiger partial charge on any atom is 0.0614 e. The van der Waals surface area contributed by atoms with Gasteiger partial charge in [-0.1, -0.05) is 24.3 Å². The minimum absolute atomic E-state index is 0.0442. The van der Waals surface area contributed by atoms with Gasteiger partial charge in [0.05, 0.1) is 6.61 Å². The fraction of sp³-hybridized carbons (Fsp3) is 0.353. The van der Waals surface area contributed by atoms with Gasteiger partial charge in [0.2, 0.25) is 0 Å². The van der Waals surface area contributed by atoms with Gasteiger partial charge in [0.25, 0.3) is 0 Å². The van der Waals surface area contributed by atoms with Gasteiger partial charge in [-0.05, 0) is 48.9 Å². The normalized spacial score (nSPS) is 21.6. The smallest absolute Gasteiger partial charge is 0.0614 e. The van der Waals surface area contributed by atoms with Gasteiger partial charge in [0.1, 0.15) is 0 Å². The minimum Gasteiger partial charge on any atom is -0.394 e. The monoisotopic (exact) mass is 268 g/mol. The van der Waals surface area contributed by atoms with Crippen molar-refractivity contribution in [2.45, 2.75) is 31.7 Å². The number of nitrogens with zero attached hydrogens (tertiary/aromatic N) is 1. The van der Waals surface area contributed by atoms with E-state index in [1.165, 1.54) is 22.3 Å². The van der Waals surface area contributed by atoms with Crippen LogP contribution in [0.3, 0.4) is 0 Å². The number of aryl methyl sites for hydroxylation is 1. The molecule has 0 saturated heterocycles. The van der Waals surface area contributed by atoms with Crippen molar-refractivity contribution in [2.75, 3.05) is 6.61 Å². The molecule has 20 heavy (non-hydrogen) atoms. The number of aliphatic hydroxyl groups is 1. The van der Waals surface area contributed by atoms with Crippen molar-refractivity contribution in [3.8, 4) is 11.1 Å². The summed E-state index contributed by atoms with van der Waals surface area (Å²) in [5.41, 5.74) is 11.9. The molecule has 3 rings (SSSR count). The van der Waals surface area contributed by atoms with Crippen LogP contribution in [0.2, 0.25) is 0 Å². The third-order valence-corrected chi connectivity index (χ3v) is 4.30. The summed E-state index contributed by atoms with van der Waals surface area (Å²) in [4.78, 5) is 4.38. The number of aromatic nitrogens is 1. The van der Waals surface area contributed by atoms with Crippen LogP contribution in [0.4, 0.5) is 0 Å². The molecule has 3 N–H and O–H groups in total. The number of fused-ring (bicyclic) bond motifs is 1. The number of pyridine rings is 1. The Kier molecular flexibility index (Phi) is 3.32. The van der Waals surface area contributed by atoms with Crippen molar-refractivity contribution in [1.82, 2.24) is 4.98 Å². The van der Waals surface area contributed by atoms with E-state index >= 15 is 0 Å². The van der Waals surface area contributed by atoms with Crippen LogP contribution in [0.25, 0.3) is 11.1 Å². The lowest BCUT2D eigenvalue weighted by Crippen LogP contribution is -2.48. The third-order valence-electron chi connectivity index (χ3n) is 4.30. The zero-order valence-corrected chi connectivity index (χ0v) is 11.8. The van der Waals surface area contributed by atoms with Gasteiger partial charge in [0.15, 0.2) is 0 Å². The molecule has 0 spiro atoms. The largest absolute Gasteiger partial charge is 0.394 e. The molecule has 0 fully saturated rings. The number of hydrogen-bond acceptors (Lipinski definition) is 3. The number of benzene rings is 1. The summed E-state index contributed by atoms with van der Waals surface area (Å²) >= 11 is 0. The molecule has 3 heteroatoms. The molecular weight excluding hydrogens is 248 g/mol. The topological polar surface area (TPSA) is 59.1 Å². The van der Waals surface area contributed by atoms with Gasteiger partial charge in [-0.25, -0.2) is 0 Å². The molecule has 0 bridgehead atoms. The highest BCUT2D eigenvalue weighted by Gasteiger charge is 2.30. The molecule has 1 aliphatic rings. The quantitative estimate of drug-likeness (QED) is 0.878. The van der Waals surface area contributed by atoms with Gasteiger partial charge in [-0.15, -0.1) is 0 Å². The summed E-state index contributed by atoms with van der Waals surface area (Å²) in [6.07, 6.45) is 4.31. The standard InChI is InChI=1S/C17H20N2O/c1-12-14(6-3-9-19-12)16-5-2-4-13-10-17(18,11-20)8-7-15(13)16/h2-6,9,20H,7-8,10-11,18H2,1H3. The van der Waals surface area contributed by atoms with Crippen LogP contribution in [-0.2, 0) is 12.8 Å². The Morgan fingerprint density at radius 3 is 2.80 bits per heavy atom. The summed E-state index contributed by atoms with van der Waals surface area (Å²) in [7, 11) is 0. The average molecular weight is 268 g/mol. The maximum atomic E-state index is 9.47. The fourth-order valence-electron chi connectivity index (χ4n) is 3.09. The first kappa shape index (κ1) is 13.3. The molecule has 1 unspecified atom stereocenters. The predicted octanol–water partition coefficient (Wildman–Crippen LogP) is 2.24. The molecule has 3 nitrogen and oxygen atoms in total. The van der Waals surface area contributed by atoms with E-state index in [1.54, 1.807) is 0 Å². The fourth-order valence-corrected chi connectivity index (χ4v) is 3.09. The van der Waals surface area contributed by atoms with Crippen molar-refractivity contribution in [2.24, 2.45) is 5.73 Å². The van der Waals surface area contributed by atoms with Crippen molar-refractivity contribution in [3.63, 3.8) is 0 Å². The number of nitrogens with two attached hydrogens (primary N) is 1. The summed E-state index contributed by atoms with van der Waals surface area (Å²) in [5, 5.41) is 9.47. The van der Waals surface area contributed by atoms with E-state index in [2.05, 4.69) is 29.2 Å². The average Bonchev–Trinajstić information content (AvgIpc) is 2.47. The Morgan fingerprint density at radius 2 is 2.05 bits per heavy atom. The van der Waals surface area contributed by atoms with Crippen LogP contribution in [0.15, 0.2) is 36.5 Å². The number of rotatable bonds is 2. The first-order valence-electron chi connectivity index (χ1n) is 7.05. The van der Waals surface area contributed by atoms with E-state index in [0.29, 0.717) is 0 Å². The lowest BCUT2D eigenvalue weighted by atomic mass is 9.76. The molecule has 104 valence electrons. The molecule has 1 atom stereocenters. The summed E-state index contributed by atoms with van der Waals surface area (Å²) < 4.78 is 0. The lowest BCUT2D eigenvalue weighted by molar-refractivity contribution is 0.181. The predicted molar refractivity (Wildman–Crippen MR) is 80.4 cm³/mol. The molecule has 2 aromatic rings. The van der Waals surface area contributed by atoms with E-state index in [4.69, 9.17) is 5.73 Å². The van der Waals surface area contributed by atoms with E-state index in [0.717, 1.165) is 25.0 Å². The zero-order valence-electron chi connectivity index (χ0n) is 11.8. The maximum absolute atomic E-state index is 9.47. The third kappa shape index (κ3) is 2.23. The van der Waals surface area contributed by atoms with Crippen LogP contribution in [0.5, 0.6) is 0 Å². The second-order valence-corrected chi connectivity index (χ2v) is 5.78. The Hall–Kier alpha value is -1.71. The van der Waals surface area contributed by atoms with Crippen LogP contribution in [-0.4, -0.2) is 22.2 Å². The lowest BCUT2D eigenvalue weighted by Gasteiger charge is -2.34. The highest BCUT2D eigenvalue weighted by atomic mass is 16.3. The van der Waals surface area contributed by atoms with E-state index < -0.39 is 5.54 Å². The van der Waals surface area contributed by atoms with Crippen LogP contribution in [0, 0.1) is 6.92 Å². The molecule has 0 aliphatic heterocycles. The van der Waals surface area contributed by atoms with Crippen molar-refractivity contribution in [3.05, 3.63) is 53.3 Å². The van der Waals surface area contributed by atoms with E-state index in [9.17, 15) is 5.11 Å². The first-order chi connectivity index (χ1) is 9.63. The van der Waals surface area contributed by atoms with Crippen molar-refractivity contribution >= 4 is 0 Å². The van der Waals surface area contributed by atoms with Gasteiger partial charge in [-0.2, -0.15) is 0 Å². The molecule has 1 heterocycles. The van der Waals surface area contributed by atoms with E-state index in [1.807, 2.05) is 19.2 Å². The summed E-state index contributed by atoms with van der Waals surface area (Å²) in [6, 6.07) is 10.5. The van der Waals surface area contributed by atoms with Gasteiger partial charge in [-0.3, -0.25) is 4.98 Å². The van der Waals surface area contributed by atoms with Crippen LogP contribution in [0.1, 0.15) is 23.2 Å². The first-order valence-corrected chi connectivity index (χ1v) is 7.05. The van der Waals surface area contributed by atoms with Crippen LogP contribution < -0.4 is 5.73 Å². The van der Waals surface area contributed by atoms with Gasteiger partial charge in [0, 0.05) is 23.0 Å². The summed E-state index contributed by atoms with van der Waals surface area (Å²) in [6.45, 7) is 2.08.